The number of thioether (sulfide) groups is 1. The predicted molar refractivity (Wildman–Crippen MR) is 136 cm³/mol. The summed E-state index contributed by atoms with van der Waals surface area (Å²) in [5.41, 5.74) is 10.1. The first-order valence-electron chi connectivity index (χ1n) is 10.6. The SMILES string of the molecule is Cc1ccc(NC(=O)CSc2nnc(-c3sc4ncccc4c3N)n2Cc2ccco2)cc1C. The fourth-order valence-corrected chi connectivity index (χ4v) is 5.32. The van der Waals surface area contributed by atoms with E-state index in [1.165, 1.54) is 28.7 Å². The zero-order valence-electron chi connectivity index (χ0n) is 18.6. The lowest BCUT2D eigenvalue weighted by Gasteiger charge is -2.09. The van der Waals surface area contributed by atoms with E-state index < -0.39 is 0 Å². The number of carbonyl (C=O) groups is 1. The number of nitrogen functional groups attached to an aromatic ring is 1. The lowest BCUT2D eigenvalue weighted by molar-refractivity contribution is -0.113. The number of rotatable bonds is 7. The van der Waals surface area contributed by atoms with Crippen LogP contribution in [0.1, 0.15) is 16.9 Å². The maximum atomic E-state index is 12.6. The van der Waals surface area contributed by atoms with Crippen LogP contribution in [0.5, 0.6) is 0 Å². The number of furan rings is 1. The molecule has 172 valence electrons. The quantitative estimate of drug-likeness (QED) is 0.304. The highest BCUT2D eigenvalue weighted by molar-refractivity contribution is 7.99. The third-order valence-corrected chi connectivity index (χ3v) is 7.53. The lowest BCUT2D eigenvalue weighted by atomic mass is 10.1. The molecule has 4 aromatic heterocycles. The van der Waals surface area contributed by atoms with Gasteiger partial charge in [0.2, 0.25) is 5.91 Å². The first-order valence-corrected chi connectivity index (χ1v) is 12.4. The minimum atomic E-state index is -0.118. The summed E-state index contributed by atoms with van der Waals surface area (Å²) in [7, 11) is 0. The normalized spacial score (nSPS) is 11.2. The predicted octanol–water partition coefficient (Wildman–Crippen LogP) is 5.13. The van der Waals surface area contributed by atoms with Crippen LogP contribution in [-0.2, 0) is 11.3 Å². The van der Waals surface area contributed by atoms with Crippen molar-refractivity contribution in [2.24, 2.45) is 0 Å². The largest absolute Gasteiger partial charge is 0.467 e. The second kappa shape index (κ2) is 9.32. The van der Waals surface area contributed by atoms with Crippen molar-refractivity contribution in [3.05, 3.63) is 71.8 Å². The molecule has 0 saturated heterocycles. The summed E-state index contributed by atoms with van der Waals surface area (Å²) >= 11 is 2.78. The van der Waals surface area contributed by atoms with Gasteiger partial charge in [-0.05, 0) is 61.4 Å². The van der Waals surface area contributed by atoms with Crippen molar-refractivity contribution >= 4 is 50.6 Å². The molecule has 4 heterocycles. The van der Waals surface area contributed by atoms with E-state index in [-0.39, 0.29) is 11.7 Å². The van der Waals surface area contributed by atoms with Crippen LogP contribution in [0.15, 0.2) is 64.5 Å². The van der Waals surface area contributed by atoms with Crippen molar-refractivity contribution in [1.29, 1.82) is 0 Å². The standard InChI is InChI=1S/C24H22N6O2S2/c1-14-7-8-16(11-15(14)2)27-19(31)13-33-24-29-28-22(30(24)12-17-5-4-10-32-17)21-20(25)18-6-3-9-26-23(18)34-21/h3-11H,12-13,25H2,1-2H3,(H,27,31). The highest BCUT2D eigenvalue weighted by Gasteiger charge is 2.22. The molecule has 1 aromatic carbocycles. The Labute approximate surface area is 204 Å². The monoisotopic (exact) mass is 490 g/mol. The Morgan fingerprint density at radius 2 is 2.06 bits per heavy atom. The molecule has 0 aliphatic heterocycles. The summed E-state index contributed by atoms with van der Waals surface area (Å²) in [5.74, 6) is 1.44. The minimum Gasteiger partial charge on any atom is -0.467 e. The number of amides is 1. The average Bonchev–Trinajstić information content (AvgIpc) is 3.55. The second-order valence-electron chi connectivity index (χ2n) is 7.81. The Morgan fingerprint density at radius 1 is 1.18 bits per heavy atom. The number of hydrogen-bond donors (Lipinski definition) is 2. The molecule has 5 aromatic rings. The van der Waals surface area contributed by atoms with E-state index >= 15 is 0 Å². The van der Waals surface area contributed by atoms with Gasteiger partial charge >= 0.3 is 0 Å². The Bertz CT molecular complexity index is 1470. The number of hydrogen-bond acceptors (Lipinski definition) is 8. The minimum absolute atomic E-state index is 0.118. The van der Waals surface area contributed by atoms with Crippen LogP contribution in [0.2, 0.25) is 0 Å². The van der Waals surface area contributed by atoms with Gasteiger partial charge in [-0.1, -0.05) is 17.8 Å². The van der Waals surface area contributed by atoms with Gasteiger partial charge in [0.25, 0.3) is 0 Å². The number of nitrogens with one attached hydrogen (secondary N) is 1. The van der Waals surface area contributed by atoms with Gasteiger partial charge in [-0.15, -0.1) is 21.5 Å². The molecule has 3 N–H and O–H groups in total. The number of anilines is 2. The van der Waals surface area contributed by atoms with Crippen LogP contribution in [0.25, 0.3) is 20.9 Å². The fourth-order valence-electron chi connectivity index (χ4n) is 3.53. The first kappa shape index (κ1) is 22.2. The van der Waals surface area contributed by atoms with Gasteiger partial charge in [0.1, 0.15) is 10.6 Å². The highest BCUT2D eigenvalue weighted by atomic mass is 32.2. The zero-order chi connectivity index (χ0) is 23.7. The summed E-state index contributed by atoms with van der Waals surface area (Å²) in [4.78, 5) is 18.7. The zero-order valence-corrected chi connectivity index (χ0v) is 20.2. The highest BCUT2D eigenvalue weighted by Crippen LogP contribution is 2.40. The third-order valence-electron chi connectivity index (χ3n) is 5.44. The number of benzene rings is 1. The molecule has 0 spiro atoms. The molecule has 0 aliphatic rings. The molecule has 0 saturated carbocycles. The molecule has 0 fully saturated rings. The number of nitrogens with two attached hydrogens (primary N) is 1. The molecule has 0 radical (unpaired) electrons. The van der Waals surface area contributed by atoms with Crippen LogP contribution in [0.4, 0.5) is 11.4 Å². The van der Waals surface area contributed by atoms with E-state index in [2.05, 4.69) is 20.5 Å². The van der Waals surface area contributed by atoms with Gasteiger partial charge in [-0.2, -0.15) is 0 Å². The molecule has 5 rings (SSSR count). The van der Waals surface area contributed by atoms with Gasteiger partial charge in [0.15, 0.2) is 11.0 Å². The van der Waals surface area contributed by atoms with Crippen LogP contribution in [0.3, 0.4) is 0 Å². The van der Waals surface area contributed by atoms with E-state index in [0.29, 0.717) is 23.2 Å². The Balaban J connectivity index is 1.41. The number of thiophene rings is 1. The number of aryl methyl sites for hydroxylation is 2. The molecule has 0 bridgehead atoms. The van der Waals surface area contributed by atoms with Gasteiger partial charge in [-0.3, -0.25) is 9.36 Å². The smallest absolute Gasteiger partial charge is 0.234 e. The summed E-state index contributed by atoms with van der Waals surface area (Å²) < 4.78 is 7.49. The van der Waals surface area contributed by atoms with Crippen molar-refractivity contribution in [3.8, 4) is 10.7 Å². The summed E-state index contributed by atoms with van der Waals surface area (Å²) in [6, 6.07) is 13.4. The van der Waals surface area contributed by atoms with Crippen LogP contribution in [0, 0.1) is 13.8 Å². The van der Waals surface area contributed by atoms with Gasteiger partial charge in [0, 0.05) is 17.3 Å². The van der Waals surface area contributed by atoms with Crippen molar-refractivity contribution in [2.45, 2.75) is 25.5 Å². The van der Waals surface area contributed by atoms with Crippen LogP contribution in [-0.4, -0.2) is 31.4 Å². The first-order chi connectivity index (χ1) is 16.5. The maximum absolute atomic E-state index is 12.6. The summed E-state index contributed by atoms with van der Waals surface area (Å²) in [6.07, 6.45) is 3.37. The van der Waals surface area contributed by atoms with Crippen LogP contribution >= 0.6 is 23.1 Å². The number of nitrogens with zero attached hydrogens (tertiary/aromatic N) is 4. The van der Waals surface area contributed by atoms with Gasteiger partial charge < -0.3 is 15.5 Å². The molecule has 10 heteroatoms. The van der Waals surface area contributed by atoms with Crippen molar-refractivity contribution in [3.63, 3.8) is 0 Å². The van der Waals surface area contributed by atoms with Crippen LogP contribution < -0.4 is 11.1 Å². The molecule has 8 nitrogen and oxygen atoms in total. The fraction of sp³-hybridized carbons (Fsp3) is 0.167. The van der Waals surface area contributed by atoms with Gasteiger partial charge in [-0.25, -0.2) is 4.98 Å². The van der Waals surface area contributed by atoms with E-state index in [9.17, 15) is 4.79 Å². The summed E-state index contributed by atoms with van der Waals surface area (Å²) in [5, 5.41) is 13.2. The molecule has 34 heavy (non-hydrogen) atoms. The van der Waals surface area contributed by atoms with Crippen molar-refractivity contribution in [1.82, 2.24) is 19.7 Å². The lowest BCUT2D eigenvalue weighted by Crippen LogP contribution is -2.15. The second-order valence-corrected chi connectivity index (χ2v) is 9.75. The Hall–Kier alpha value is -3.63. The molecule has 0 aliphatic carbocycles. The molecular weight excluding hydrogens is 468 g/mol. The summed E-state index contributed by atoms with van der Waals surface area (Å²) in [6.45, 7) is 4.48. The van der Waals surface area contributed by atoms with E-state index in [1.807, 2.05) is 60.9 Å². The topological polar surface area (TPSA) is 112 Å². The third kappa shape index (κ3) is 4.42. The Kier molecular flexibility index (Phi) is 6.08. The average molecular weight is 491 g/mol. The van der Waals surface area contributed by atoms with E-state index in [4.69, 9.17) is 10.2 Å². The molecule has 1 amide bonds. The molecular formula is C24H22N6O2S2. The molecule has 0 unspecified atom stereocenters. The van der Waals surface area contributed by atoms with Crippen molar-refractivity contribution < 1.29 is 9.21 Å². The number of pyridine rings is 1. The molecule has 0 atom stereocenters. The van der Waals surface area contributed by atoms with E-state index in [1.54, 1.807) is 12.5 Å². The maximum Gasteiger partial charge on any atom is 0.234 e. The van der Waals surface area contributed by atoms with E-state index in [0.717, 1.165) is 32.1 Å². The van der Waals surface area contributed by atoms with Gasteiger partial charge in [0.05, 0.1) is 29.1 Å². The Morgan fingerprint density at radius 3 is 2.82 bits per heavy atom. The number of fused-ring (bicyclic) bond motifs is 1. The van der Waals surface area contributed by atoms with Crippen molar-refractivity contribution in [2.75, 3.05) is 16.8 Å². The number of carbonyl (C=O) groups excluding carboxylic acids is 1. The number of aromatic nitrogens is 4.